The summed E-state index contributed by atoms with van der Waals surface area (Å²) in [4.78, 5) is 8.44. The van der Waals surface area contributed by atoms with Crippen LogP contribution in [0.2, 0.25) is 0 Å². The first kappa shape index (κ1) is 10.2. The van der Waals surface area contributed by atoms with Crippen molar-refractivity contribution in [2.45, 2.75) is 0 Å². The van der Waals surface area contributed by atoms with Gasteiger partial charge in [-0.3, -0.25) is 9.97 Å². The highest BCUT2D eigenvalue weighted by Crippen LogP contribution is 2.19. The smallest absolute Gasteiger partial charge is 0.0739 e. The monoisotopic (exact) mass is 210 g/mol. The van der Waals surface area contributed by atoms with E-state index in [9.17, 15) is 0 Å². The molecule has 2 aromatic rings. The van der Waals surface area contributed by atoms with Crippen LogP contribution in [0.5, 0.6) is 0 Å². The quantitative estimate of drug-likeness (QED) is 0.791. The number of rotatable bonds is 3. The summed E-state index contributed by atoms with van der Waals surface area (Å²) in [5, 5.41) is 3.30. The van der Waals surface area contributed by atoms with Crippen molar-refractivity contribution in [1.29, 1.82) is 5.53 Å². The van der Waals surface area contributed by atoms with Gasteiger partial charge in [-0.2, -0.15) is 5.11 Å². The molecule has 0 bridgehead atoms. The van der Waals surface area contributed by atoms with E-state index in [-0.39, 0.29) is 0 Å². The zero-order chi connectivity index (χ0) is 11.2. The van der Waals surface area contributed by atoms with E-state index in [1.165, 1.54) is 6.20 Å². The van der Waals surface area contributed by atoms with Crippen molar-refractivity contribution in [3.05, 3.63) is 66.4 Å². The minimum absolute atomic E-state index is 0.746. The van der Waals surface area contributed by atoms with Gasteiger partial charge in [0, 0.05) is 18.0 Å². The molecular weight excluding hydrogens is 200 g/mol. The summed E-state index contributed by atoms with van der Waals surface area (Å²) in [6, 6.07) is 11.2. The Morgan fingerprint density at radius 2 is 1.56 bits per heavy atom. The summed E-state index contributed by atoms with van der Waals surface area (Å²) in [7, 11) is 0. The molecule has 4 heteroatoms. The molecular formula is C12H10N4. The van der Waals surface area contributed by atoms with Crippen LogP contribution in [0.1, 0.15) is 11.4 Å². The number of nitrogens with zero attached hydrogens (tertiary/aromatic N) is 3. The van der Waals surface area contributed by atoms with Gasteiger partial charge < -0.3 is 0 Å². The average Bonchev–Trinajstić information content (AvgIpc) is 2.38. The minimum atomic E-state index is 0.746. The van der Waals surface area contributed by atoms with Crippen LogP contribution in [0.3, 0.4) is 0 Å². The lowest BCUT2D eigenvalue weighted by atomic mass is 10.1. The lowest BCUT2D eigenvalue weighted by molar-refractivity contribution is 1.13. The molecule has 0 aliphatic heterocycles. The number of pyridine rings is 2. The van der Waals surface area contributed by atoms with Gasteiger partial charge in [0.05, 0.1) is 17.6 Å². The summed E-state index contributed by atoms with van der Waals surface area (Å²) in [6.45, 7) is 0. The summed E-state index contributed by atoms with van der Waals surface area (Å²) in [6.07, 6.45) is 4.86. The van der Waals surface area contributed by atoms with Crippen molar-refractivity contribution >= 4 is 5.57 Å². The molecule has 0 spiro atoms. The average molecular weight is 210 g/mol. The molecule has 78 valence electrons. The van der Waals surface area contributed by atoms with Crippen LogP contribution in [0.25, 0.3) is 5.57 Å². The van der Waals surface area contributed by atoms with Gasteiger partial charge in [0.1, 0.15) is 0 Å². The molecule has 0 aliphatic rings. The molecule has 2 heterocycles. The molecule has 0 amide bonds. The zero-order valence-electron chi connectivity index (χ0n) is 8.54. The van der Waals surface area contributed by atoms with Crippen LogP contribution in [0, 0.1) is 5.53 Å². The molecule has 2 aromatic heterocycles. The van der Waals surface area contributed by atoms with E-state index in [0.29, 0.717) is 0 Å². The van der Waals surface area contributed by atoms with Gasteiger partial charge in [-0.05, 0) is 24.3 Å². The molecule has 0 saturated heterocycles. The van der Waals surface area contributed by atoms with Crippen LogP contribution in [-0.2, 0) is 0 Å². The largest absolute Gasteiger partial charge is 0.256 e. The van der Waals surface area contributed by atoms with Crippen LogP contribution in [0.15, 0.2) is 60.1 Å². The number of aromatic nitrogens is 2. The van der Waals surface area contributed by atoms with E-state index < -0.39 is 0 Å². The summed E-state index contributed by atoms with van der Waals surface area (Å²) in [5.74, 6) is 0. The first-order valence-corrected chi connectivity index (χ1v) is 4.81. The Hall–Kier alpha value is -2.36. The molecule has 0 saturated carbocycles. The molecule has 0 aromatic carbocycles. The second-order valence-corrected chi connectivity index (χ2v) is 3.10. The third-order valence-corrected chi connectivity index (χ3v) is 2.08. The number of nitrogens with one attached hydrogen (secondary N) is 1. The van der Waals surface area contributed by atoms with E-state index in [0.717, 1.165) is 17.0 Å². The SMILES string of the molecule is N=NC=C(c1ccccn1)c1ccccn1. The molecule has 0 atom stereocenters. The van der Waals surface area contributed by atoms with Crippen molar-refractivity contribution in [3.8, 4) is 0 Å². The predicted molar refractivity (Wildman–Crippen MR) is 60.7 cm³/mol. The third kappa shape index (κ3) is 2.17. The van der Waals surface area contributed by atoms with Crippen LogP contribution >= 0.6 is 0 Å². The Bertz CT molecular complexity index is 449. The molecule has 0 aliphatic carbocycles. The van der Waals surface area contributed by atoms with Crippen molar-refractivity contribution < 1.29 is 0 Å². The van der Waals surface area contributed by atoms with E-state index in [2.05, 4.69) is 15.1 Å². The minimum Gasteiger partial charge on any atom is -0.256 e. The molecule has 1 N–H and O–H groups in total. The van der Waals surface area contributed by atoms with Gasteiger partial charge in [0.25, 0.3) is 0 Å². The molecule has 0 radical (unpaired) electrons. The second kappa shape index (κ2) is 4.93. The lowest BCUT2D eigenvalue weighted by Crippen LogP contribution is -1.93. The zero-order valence-corrected chi connectivity index (χ0v) is 8.54. The van der Waals surface area contributed by atoms with Crippen LogP contribution in [-0.4, -0.2) is 9.97 Å². The predicted octanol–water partition coefficient (Wildman–Crippen LogP) is 2.90. The van der Waals surface area contributed by atoms with Gasteiger partial charge >= 0.3 is 0 Å². The maximum atomic E-state index is 6.92. The standard InChI is InChI=1S/C12H10N4/c13-16-9-10(11-5-1-3-7-14-11)12-6-2-4-8-15-12/h1-9,13H. The highest BCUT2D eigenvalue weighted by atomic mass is 14.9. The fraction of sp³-hybridized carbons (Fsp3) is 0. The first-order valence-electron chi connectivity index (χ1n) is 4.81. The topological polar surface area (TPSA) is 62.0 Å². The highest BCUT2D eigenvalue weighted by Gasteiger charge is 2.06. The summed E-state index contributed by atoms with van der Waals surface area (Å²) in [5.41, 5.74) is 9.19. The van der Waals surface area contributed by atoms with Crippen LogP contribution < -0.4 is 0 Å². The Balaban J connectivity index is 2.48. The van der Waals surface area contributed by atoms with E-state index in [4.69, 9.17) is 5.53 Å². The number of hydrogen-bond acceptors (Lipinski definition) is 4. The maximum Gasteiger partial charge on any atom is 0.0739 e. The van der Waals surface area contributed by atoms with Gasteiger partial charge in [0.2, 0.25) is 0 Å². The Labute approximate surface area is 93.2 Å². The van der Waals surface area contributed by atoms with E-state index in [1.54, 1.807) is 12.4 Å². The Kier molecular flexibility index (Phi) is 3.13. The Morgan fingerprint density at radius 1 is 1.00 bits per heavy atom. The summed E-state index contributed by atoms with van der Waals surface area (Å²) >= 11 is 0. The lowest BCUT2D eigenvalue weighted by Gasteiger charge is -2.03. The van der Waals surface area contributed by atoms with Crippen molar-refractivity contribution in [2.75, 3.05) is 0 Å². The Morgan fingerprint density at radius 3 is 1.94 bits per heavy atom. The van der Waals surface area contributed by atoms with E-state index >= 15 is 0 Å². The van der Waals surface area contributed by atoms with Crippen molar-refractivity contribution in [1.82, 2.24) is 9.97 Å². The number of hydrogen-bond donors (Lipinski definition) is 1. The van der Waals surface area contributed by atoms with Crippen LogP contribution in [0.4, 0.5) is 0 Å². The first-order chi connectivity index (χ1) is 7.92. The van der Waals surface area contributed by atoms with Gasteiger partial charge in [-0.25, -0.2) is 5.53 Å². The second-order valence-electron chi connectivity index (χ2n) is 3.10. The fourth-order valence-corrected chi connectivity index (χ4v) is 1.37. The normalized spacial score (nSPS) is 9.50. The van der Waals surface area contributed by atoms with Crippen molar-refractivity contribution in [3.63, 3.8) is 0 Å². The molecule has 0 fully saturated rings. The van der Waals surface area contributed by atoms with Gasteiger partial charge in [-0.15, -0.1) is 0 Å². The highest BCUT2D eigenvalue weighted by molar-refractivity contribution is 5.75. The maximum absolute atomic E-state index is 6.92. The third-order valence-electron chi connectivity index (χ3n) is 2.08. The molecule has 2 rings (SSSR count). The van der Waals surface area contributed by atoms with Gasteiger partial charge in [0.15, 0.2) is 0 Å². The molecule has 16 heavy (non-hydrogen) atoms. The molecule has 4 nitrogen and oxygen atoms in total. The summed E-state index contributed by atoms with van der Waals surface area (Å²) < 4.78 is 0. The van der Waals surface area contributed by atoms with E-state index in [1.807, 2.05) is 36.4 Å². The van der Waals surface area contributed by atoms with Gasteiger partial charge in [-0.1, -0.05) is 12.1 Å². The molecule has 0 unspecified atom stereocenters. The fourth-order valence-electron chi connectivity index (χ4n) is 1.37. The van der Waals surface area contributed by atoms with Crippen molar-refractivity contribution in [2.24, 2.45) is 5.11 Å².